The Labute approximate surface area is 196 Å². The minimum atomic E-state index is 0.105. The first-order chi connectivity index (χ1) is 15.4. The van der Waals surface area contributed by atoms with Gasteiger partial charge in [0.15, 0.2) is 0 Å². The second-order valence-corrected chi connectivity index (χ2v) is 9.01. The smallest absolute Gasteiger partial charge is 0.220 e. The van der Waals surface area contributed by atoms with Gasteiger partial charge in [-0.3, -0.25) is 9.59 Å². The van der Waals surface area contributed by atoms with Gasteiger partial charge in [-0.1, -0.05) is 47.0 Å². The van der Waals surface area contributed by atoms with Gasteiger partial charge in [0.25, 0.3) is 0 Å². The molecule has 0 saturated carbocycles. The van der Waals surface area contributed by atoms with Crippen LogP contribution in [0.15, 0.2) is 0 Å². The molecule has 190 valence electrons. The van der Waals surface area contributed by atoms with Crippen LogP contribution < -0.4 is 5.32 Å². The van der Waals surface area contributed by atoms with Crippen LogP contribution in [0.3, 0.4) is 0 Å². The maximum absolute atomic E-state index is 11.7. The van der Waals surface area contributed by atoms with Crippen LogP contribution in [0.5, 0.6) is 0 Å². The van der Waals surface area contributed by atoms with Crippen LogP contribution in [0, 0.1) is 11.8 Å². The number of Topliss-reactive ketones (excluding diaryl/α,β-unsaturated/α-hetero) is 1. The Morgan fingerprint density at radius 2 is 1.12 bits per heavy atom. The van der Waals surface area contributed by atoms with Gasteiger partial charge < -0.3 is 24.3 Å². The molecule has 7 nitrogen and oxygen atoms in total. The highest BCUT2D eigenvalue weighted by atomic mass is 16.6. The van der Waals surface area contributed by atoms with Crippen molar-refractivity contribution in [2.45, 2.75) is 79.1 Å². The third-order valence-corrected chi connectivity index (χ3v) is 4.90. The van der Waals surface area contributed by atoms with Gasteiger partial charge in [-0.25, -0.2) is 0 Å². The first-order valence-corrected chi connectivity index (χ1v) is 12.5. The van der Waals surface area contributed by atoms with E-state index >= 15 is 0 Å². The van der Waals surface area contributed by atoms with Gasteiger partial charge in [-0.15, -0.1) is 0 Å². The molecule has 7 heteroatoms. The molecule has 0 saturated heterocycles. The average molecular weight is 460 g/mol. The van der Waals surface area contributed by atoms with Crippen LogP contribution in [-0.4, -0.2) is 71.1 Å². The molecule has 1 N–H and O–H groups in total. The summed E-state index contributed by atoms with van der Waals surface area (Å²) in [4.78, 5) is 23.3. The van der Waals surface area contributed by atoms with Crippen LogP contribution in [0.1, 0.15) is 79.1 Å². The lowest BCUT2D eigenvalue weighted by molar-refractivity contribution is -0.121. The molecule has 0 aliphatic heterocycles. The fourth-order valence-electron chi connectivity index (χ4n) is 2.89. The monoisotopic (exact) mass is 459 g/mol. The van der Waals surface area contributed by atoms with E-state index in [0.29, 0.717) is 84.6 Å². The van der Waals surface area contributed by atoms with Crippen molar-refractivity contribution in [1.82, 2.24) is 5.32 Å². The Balaban J connectivity index is 3.20. The summed E-state index contributed by atoms with van der Waals surface area (Å²) in [6.07, 6.45) is 7.19. The third-order valence-electron chi connectivity index (χ3n) is 4.90. The number of amides is 1. The predicted octanol–water partition coefficient (Wildman–Crippen LogP) is 4.17. The molecular weight excluding hydrogens is 410 g/mol. The molecule has 0 unspecified atom stereocenters. The Morgan fingerprint density at radius 3 is 1.69 bits per heavy atom. The highest BCUT2D eigenvalue weighted by Gasteiger charge is 2.04. The molecule has 32 heavy (non-hydrogen) atoms. The molecule has 0 bridgehead atoms. The summed E-state index contributed by atoms with van der Waals surface area (Å²) in [6, 6.07) is 0. The fraction of sp³-hybridized carbons (Fsp3) is 0.920. The number of ether oxygens (including phenoxy) is 4. The molecule has 0 heterocycles. The highest BCUT2D eigenvalue weighted by Crippen LogP contribution is 2.09. The van der Waals surface area contributed by atoms with Crippen LogP contribution >= 0.6 is 0 Å². The molecule has 0 atom stereocenters. The zero-order valence-corrected chi connectivity index (χ0v) is 21.1. The van der Waals surface area contributed by atoms with Crippen molar-refractivity contribution >= 4 is 11.7 Å². The van der Waals surface area contributed by atoms with E-state index in [1.165, 1.54) is 12.8 Å². The van der Waals surface area contributed by atoms with Gasteiger partial charge >= 0.3 is 0 Å². The first kappa shape index (κ1) is 31.0. The predicted molar refractivity (Wildman–Crippen MR) is 128 cm³/mol. The summed E-state index contributed by atoms with van der Waals surface area (Å²) in [5, 5.41) is 2.88. The van der Waals surface area contributed by atoms with Crippen molar-refractivity contribution in [1.29, 1.82) is 0 Å². The Hall–Kier alpha value is -1.02. The lowest BCUT2D eigenvalue weighted by atomic mass is 10.0. The largest absolute Gasteiger partial charge is 0.379 e. The third kappa shape index (κ3) is 25.2. The minimum Gasteiger partial charge on any atom is -0.379 e. The van der Waals surface area contributed by atoms with E-state index in [1.54, 1.807) is 0 Å². The molecule has 0 rings (SSSR count). The number of carbonyl (C=O) groups is 2. The molecule has 0 spiro atoms. The van der Waals surface area contributed by atoms with Crippen LogP contribution in [0.2, 0.25) is 0 Å². The molecule has 0 aliphatic rings. The summed E-state index contributed by atoms with van der Waals surface area (Å²) in [7, 11) is 0. The standard InChI is InChI=1S/C25H49NO6/c1-22(2)8-6-5-7-9-25(28)26-13-15-30-17-19-32-21-20-31-18-16-29-14-12-24(27)11-10-23(3)4/h22-23H,5-21H2,1-4H3,(H,26,28). The summed E-state index contributed by atoms with van der Waals surface area (Å²) in [5.74, 6) is 1.68. The van der Waals surface area contributed by atoms with Crippen molar-refractivity contribution in [2.75, 3.05) is 59.4 Å². The van der Waals surface area contributed by atoms with Crippen molar-refractivity contribution < 1.29 is 28.5 Å². The first-order valence-electron chi connectivity index (χ1n) is 12.5. The van der Waals surface area contributed by atoms with Crippen molar-refractivity contribution in [3.8, 4) is 0 Å². The van der Waals surface area contributed by atoms with E-state index in [-0.39, 0.29) is 11.7 Å². The molecule has 1 amide bonds. The van der Waals surface area contributed by atoms with Crippen LogP contribution in [0.4, 0.5) is 0 Å². The second kappa shape index (κ2) is 23.1. The van der Waals surface area contributed by atoms with E-state index in [1.807, 2.05) is 0 Å². The van der Waals surface area contributed by atoms with E-state index in [0.717, 1.165) is 25.2 Å². The van der Waals surface area contributed by atoms with E-state index in [4.69, 9.17) is 18.9 Å². The molecule has 0 aliphatic carbocycles. The molecular formula is C25H49NO6. The number of unbranched alkanes of at least 4 members (excludes halogenated alkanes) is 2. The topological polar surface area (TPSA) is 83.1 Å². The lowest BCUT2D eigenvalue weighted by Gasteiger charge is -2.08. The summed E-state index contributed by atoms with van der Waals surface area (Å²) in [6.45, 7) is 13.2. The summed E-state index contributed by atoms with van der Waals surface area (Å²) >= 11 is 0. The second-order valence-electron chi connectivity index (χ2n) is 9.01. The number of rotatable bonds is 24. The fourth-order valence-corrected chi connectivity index (χ4v) is 2.89. The number of hydrogen-bond acceptors (Lipinski definition) is 6. The molecule has 0 aromatic carbocycles. The van der Waals surface area contributed by atoms with Gasteiger partial charge in [0, 0.05) is 25.8 Å². The lowest BCUT2D eigenvalue weighted by Crippen LogP contribution is -2.27. The summed E-state index contributed by atoms with van der Waals surface area (Å²) < 4.78 is 21.7. The normalized spacial score (nSPS) is 11.4. The zero-order chi connectivity index (χ0) is 23.9. The molecule has 0 aromatic rings. The molecule has 0 fully saturated rings. The average Bonchev–Trinajstić information content (AvgIpc) is 2.74. The van der Waals surface area contributed by atoms with Crippen LogP contribution in [-0.2, 0) is 28.5 Å². The number of nitrogens with one attached hydrogen (secondary N) is 1. The minimum absolute atomic E-state index is 0.105. The molecule has 0 aromatic heterocycles. The zero-order valence-electron chi connectivity index (χ0n) is 21.1. The number of hydrogen-bond donors (Lipinski definition) is 1. The van der Waals surface area contributed by atoms with Gasteiger partial charge in [0.2, 0.25) is 5.91 Å². The molecule has 0 radical (unpaired) electrons. The maximum atomic E-state index is 11.7. The van der Waals surface area contributed by atoms with Gasteiger partial charge in [-0.2, -0.15) is 0 Å². The van der Waals surface area contributed by atoms with Gasteiger partial charge in [0.1, 0.15) is 5.78 Å². The quantitative estimate of drug-likeness (QED) is 0.218. The van der Waals surface area contributed by atoms with Gasteiger partial charge in [0.05, 0.1) is 52.9 Å². The van der Waals surface area contributed by atoms with E-state index < -0.39 is 0 Å². The Bertz CT molecular complexity index is 442. The Morgan fingerprint density at radius 1 is 0.594 bits per heavy atom. The van der Waals surface area contributed by atoms with Crippen molar-refractivity contribution in [3.05, 3.63) is 0 Å². The van der Waals surface area contributed by atoms with Crippen LogP contribution in [0.25, 0.3) is 0 Å². The Kier molecular flexibility index (Phi) is 22.4. The maximum Gasteiger partial charge on any atom is 0.220 e. The summed E-state index contributed by atoms with van der Waals surface area (Å²) in [5.41, 5.74) is 0. The van der Waals surface area contributed by atoms with Gasteiger partial charge in [-0.05, 0) is 24.7 Å². The number of carbonyl (C=O) groups excluding carboxylic acids is 2. The van der Waals surface area contributed by atoms with Crippen molar-refractivity contribution in [3.63, 3.8) is 0 Å². The SMILES string of the molecule is CC(C)CCCCCC(=O)NCCOCCOCCOCCOCCC(=O)CCC(C)C. The van der Waals surface area contributed by atoms with Crippen molar-refractivity contribution in [2.24, 2.45) is 11.8 Å². The van der Waals surface area contributed by atoms with E-state index in [2.05, 4.69) is 33.0 Å². The number of ketones is 1. The highest BCUT2D eigenvalue weighted by molar-refractivity contribution is 5.78. The van der Waals surface area contributed by atoms with E-state index in [9.17, 15) is 9.59 Å².